The fourth-order valence-corrected chi connectivity index (χ4v) is 4.13. The molecule has 2 amide bonds. The number of ether oxygens (including phenoxy) is 2. The molecular formula is C27H23N3O4. The maximum atomic E-state index is 14.0. The van der Waals surface area contributed by atoms with Gasteiger partial charge >= 0.3 is 0 Å². The second-order valence-electron chi connectivity index (χ2n) is 7.90. The number of likely N-dealkylation sites (N-methyl/N-ethyl adjacent to an activating group) is 1. The van der Waals surface area contributed by atoms with Crippen LogP contribution < -0.4 is 19.7 Å². The number of nitrogens with one attached hydrogen (secondary N) is 1. The van der Waals surface area contributed by atoms with Gasteiger partial charge in [-0.2, -0.15) is 0 Å². The largest absolute Gasteiger partial charge is 0.497 e. The van der Waals surface area contributed by atoms with Crippen LogP contribution in [0.15, 0.2) is 78.9 Å². The number of para-hydroxylation sites is 3. The van der Waals surface area contributed by atoms with Gasteiger partial charge in [0.15, 0.2) is 6.10 Å². The molecule has 0 fully saturated rings. The van der Waals surface area contributed by atoms with Crippen LogP contribution in [0.25, 0.3) is 22.2 Å². The molecule has 1 unspecified atom stereocenters. The third-order valence-corrected chi connectivity index (χ3v) is 5.89. The lowest BCUT2D eigenvalue weighted by Gasteiger charge is -2.34. The number of pyridine rings is 1. The smallest absolute Gasteiger partial charge is 0.262 e. The molecule has 0 bridgehead atoms. The monoisotopic (exact) mass is 453 g/mol. The van der Waals surface area contributed by atoms with Crippen LogP contribution in [0.4, 0.5) is 5.69 Å². The van der Waals surface area contributed by atoms with Crippen molar-refractivity contribution < 1.29 is 19.1 Å². The van der Waals surface area contributed by atoms with Crippen LogP contribution in [-0.4, -0.2) is 43.6 Å². The van der Waals surface area contributed by atoms with Crippen molar-refractivity contribution >= 4 is 28.4 Å². The lowest BCUT2D eigenvalue weighted by atomic mass is 10.0. The normalized spacial score (nSPS) is 14.8. The predicted octanol–water partition coefficient (Wildman–Crippen LogP) is 4.06. The molecule has 1 N–H and O–H groups in total. The van der Waals surface area contributed by atoms with E-state index in [0.717, 1.165) is 16.7 Å². The third kappa shape index (κ3) is 3.81. The Morgan fingerprint density at radius 1 is 1.03 bits per heavy atom. The fraction of sp³-hybridized carbons (Fsp3) is 0.148. The Hall–Kier alpha value is -4.39. The highest BCUT2D eigenvalue weighted by Gasteiger charge is 2.34. The first-order valence-electron chi connectivity index (χ1n) is 10.9. The van der Waals surface area contributed by atoms with Crippen LogP contribution in [0, 0.1) is 0 Å². The number of carbonyl (C=O) groups excluding carboxylic acids is 2. The van der Waals surface area contributed by atoms with Crippen LogP contribution in [0.2, 0.25) is 0 Å². The minimum atomic E-state index is -0.807. The average Bonchev–Trinajstić information content (AvgIpc) is 2.91. The van der Waals surface area contributed by atoms with E-state index in [9.17, 15) is 9.59 Å². The van der Waals surface area contributed by atoms with E-state index in [4.69, 9.17) is 14.5 Å². The van der Waals surface area contributed by atoms with Crippen LogP contribution in [-0.2, 0) is 4.79 Å². The number of rotatable bonds is 4. The molecule has 1 aromatic heterocycles. The maximum absolute atomic E-state index is 14.0. The number of hydrogen-bond acceptors (Lipinski definition) is 5. The molecule has 0 spiro atoms. The summed E-state index contributed by atoms with van der Waals surface area (Å²) in [4.78, 5) is 32.8. The Bertz CT molecular complexity index is 1380. The van der Waals surface area contributed by atoms with Gasteiger partial charge in [0.1, 0.15) is 11.5 Å². The van der Waals surface area contributed by atoms with Gasteiger partial charge in [0, 0.05) is 18.0 Å². The lowest BCUT2D eigenvalue weighted by molar-refractivity contribution is -0.127. The van der Waals surface area contributed by atoms with Crippen LogP contribution in [0.5, 0.6) is 11.5 Å². The summed E-state index contributed by atoms with van der Waals surface area (Å²) < 4.78 is 11.1. The van der Waals surface area contributed by atoms with Crippen molar-refractivity contribution in [3.05, 3.63) is 84.4 Å². The van der Waals surface area contributed by atoms with Gasteiger partial charge < -0.3 is 19.7 Å². The first-order valence-corrected chi connectivity index (χ1v) is 10.9. The molecule has 0 aliphatic carbocycles. The average molecular weight is 453 g/mol. The number of anilines is 1. The number of nitrogens with zero attached hydrogens (tertiary/aromatic N) is 2. The molecule has 34 heavy (non-hydrogen) atoms. The van der Waals surface area contributed by atoms with Crippen molar-refractivity contribution in [1.82, 2.24) is 10.3 Å². The Labute approximate surface area is 196 Å². The summed E-state index contributed by atoms with van der Waals surface area (Å²) in [6.45, 7) is 0.101. The molecule has 1 aliphatic rings. The number of carbonyl (C=O) groups is 2. The van der Waals surface area contributed by atoms with Crippen molar-refractivity contribution in [2.24, 2.45) is 0 Å². The van der Waals surface area contributed by atoms with Crippen LogP contribution in [0.1, 0.15) is 10.4 Å². The zero-order chi connectivity index (χ0) is 23.7. The summed E-state index contributed by atoms with van der Waals surface area (Å²) >= 11 is 0. The predicted molar refractivity (Wildman–Crippen MR) is 130 cm³/mol. The fourth-order valence-electron chi connectivity index (χ4n) is 4.13. The highest BCUT2D eigenvalue weighted by Crippen LogP contribution is 2.35. The first kappa shape index (κ1) is 21.5. The first-order chi connectivity index (χ1) is 16.6. The van der Waals surface area contributed by atoms with Crippen molar-refractivity contribution in [1.29, 1.82) is 0 Å². The molecule has 0 saturated carbocycles. The summed E-state index contributed by atoms with van der Waals surface area (Å²) in [5.41, 5.74) is 3.38. The highest BCUT2D eigenvalue weighted by molar-refractivity contribution is 6.15. The van der Waals surface area contributed by atoms with Crippen molar-refractivity contribution in [2.45, 2.75) is 6.10 Å². The van der Waals surface area contributed by atoms with E-state index in [1.54, 1.807) is 31.2 Å². The van der Waals surface area contributed by atoms with Gasteiger partial charge in [0.2, 0.25) is 0 Å². The zero-order valence-electron chi connectivity index (χ0n) is 18.8. The number of aromatic nitrogens is 1. The molecule has 4 aromatic rings. The van der Waals surface area contributed by atoms with Gasteiger partial charge in [0.05, 0.1) is 36.1 Å². The van der Waals surface area contributed by atoms with E-state index in [1.165, 1.54) is 0 Å². The molecule has 1 aliphatic heterocycles. The Balaban J connectivity index is 1.63. The number of benzene rings is 3. The summed E-state index contributed by atoms with van der Waals surface area (Å²) in [7, 11) is 3.17. The number of amides is 2. The minimum absolute atomic E-state index is 0.101. The molecule has 2 heterocycles. The molecule has 7 heteroatoms. The number of hydrogen-bond donors (Lipinski definition) is 1. The summed E-state index contributed by atoms with van der Waals surface area (Å²) in [6, 6.07) is 24.1. The SMILES string of the molecule is CNC(=O)C1CN(C(=O)c2cc(-c3ccc(OC)cc3)nc3ccccc23)c2ccccc2O1. The molecule has 0 saturated heterocycles. The van der Waals surface area contributed by atoms with E-state index in [0.29, 0.717) is 28.2 Å². The molecular weight excluding hydrogens is 430 g/mol. The van der Waals surface area contributed by atoms with Gasteiger partial charge in [-0.3, -0.25) is 9.59 Å². The quantitative estimate of drug-likeness (QED) is 0.504. The maximum Gasteiger partial charge on any atom is 0.262 e. The summed E-state index contributed by atoms with van der Waals surface area (Å²) in [5, 5.41) is 3.35. The number of methoxy groups -OCH3 is 1. The molecule has 7 nitrogen and oxygen atoms in total. The zero-order valence-corrected chi connectivity index (χ0v) is 18.8. The van der Waals surface area contributed by atoms with Crippen molar-refractivity contribution in [2.75, 3.05) is 25.6 Å². The van der Waals surface area contributed by atoms with E-state index in [2.05, 4.69) is 5.32 Å². The molecule has 170 valence electrons. The molecule has 1 atom stereocenters. The summed E-state index contributed by atoms with van der Waals surface area (Å²) in [6.07, 6.45) is -0.807. The molecule has 5 rings (SSSR count). The second-order valence-corrected chi connectivity index (χ2v) is 7.90. The molecule has 3 aromatic carbocycles. The standard InChI is InChI=1S/C27H23N3O4/c1-28-26(31)25-16-30(23-9-5-6-10-24(23)34-25)27(32)20-15-22(17-11-13-18(33-2)14-12-17)29-21-8-4-3-7-19(20)21/h3-15,25H,16H2,1-2H3,(H,28,31). The van der Waals surface area contributed by atoms with Crippen LogP contribution >= 0.6 is 0 Å². The number of fused-ring (bicyclic) bond motifs is 2. The summed E-state index contributed by atoms with van der Waals surface area (Å²) in [5.74, 6) is 0.722. The van der Waals surface area contributed by atoms with E-state index in [-0.39, 0.29) is 18.4 Å². The van der Waals surface area contributed by atoms with Gasteiger partial charge in [0.25, 0.3) is 11.8 Å². The van der Waals surface area contributed by atoms with Crippen LogP contribution in [0.3, 0.4) is 0 Å². The topological polar surface area (TPSA) is 80.8 Å². The van der Waals surface area contributed by atoms with E-state index < -0.39 is 6.10 Å². The molecule has 0 radical (unpaired) electrons. The van der Waals surface area contributed by atoms with Gasteiger partial charge in [-0.05, 0) is 48.5 Å². The Morgan fingerprint density at radius 2 is 1.76 bits per heavy atom. The van der Waals surface area contributed by atoms with Gasteiger partial charge in [-0.15, -0.1) is 0 Å². The third-order valence-electron chi connectivity index (χ3n) is 5.89. The minimum Gasteiger partial charge on any atom is -0.497 e. The lowest BCUT2D eigenvalue weighted by Crippen LogP contribution is -2.50. The second kappa shape index (κ2) is 8.86. The Kier molecular flexibility index (Phi) is 5.59. The van der Waals surface area contributed by atoms with E-state index >= 15 is 0 Å². The van der Waals surface area contributed by atoms with Crippen molar-refractivity contribution in [3.8, 4) is 22.8 Å². The highest BCUT2D eigenvalue weighted by atomic mass is 16.5. The van der Waals surface area contributed by atoms with Gasteiger partial charge in [-0.25, -0.2) is 4.98 Å². The Morgan fingerprint density at radius 3 is 2.53 bits per heavy atom. The van der Waals surface area contributed by atoms with E-state index in [1.807, 2.05) is 66.7 Å². The van der Waals surface area contributed by atoms with Crippen molar-refractivity contribution in [3.63, 3.8) is 0 Å². The van der Waals surface area contributed by atoms with Gasteiger partial charge in [-0.1, -0.05) is 30.3 Å².